The van der Waals surface area contributed by atoms with E-state index >= 15 is 0 Å². The molecular formula is C24H20ClN3O. The van der Waals surface area contributed by atoms with Crippen LogP contribution in [-0.2, 0) is 13.1 Å². The molecule has 5 heteroatoms. The van der Waals surface area contributed by atoms with Crippen molar-refractivity contribution >= 4 is 34.1 Å². The van der Waals surface area contributed by atoms with Gasteiger partial charge >= 0.3 is 0 Å². The molecule has 0 atom stereocenters. The van der Waals surface area contributed by atoms with Crippen molar-refractivity contribution in [2.45, 2.75) is 13.1 Å². The van der Waals surface area contributed by atoms with Gasteiger partial charge in [0, 0.05) is 29.7 Å². The van der Waals surface area contributed by atoms with Crippen molar-refractivity contribution in [1.82, 2.24) is 10.3 Å². The topological polar surface area (TPSA) is 54.0 Å². The van der Waals surface area contributed by atoms with Crippen LogP contribution in [0.1, 0.15) is 21.5 Å². The molecule has 0 unspecified atom stereocenters. The van der Waals surface area contributed by atoms with Gasteiger partial charge in [-0.3, -0.25) is 4.79 Å². The summed E-state index contributed by atoms with van der Waals surface area (Å²) in [5, 5.41) is 7.79. The Labute approximate surface area is 174 Å². The molecule has 0 aliphatic rings. The van der Waals surface area contributed by atoms with Crippen LogP contribution in [0.5, 0.6) is 0 Å². The normalized spacial score (nSPS) is 10.7. The molecule has 29 heavy (non-hydrogen) atoms. The molecule has 144 valence electrons. The Hall–Kier alpha value is -3.37. The number of para-hydroxylation sites is 2. The maximum Gasteiger partial charge on any atom is 0.253 e. The zero-order chi connectivity index (χ0) is 20.1. The fraction of sp³-hybridized carbons (Fsp3) is 0.0833. The van der Waals surface area contributed by atoms with Gasteiger partial charge < -0.3 is 10.6 Å². The molecule has 0 aliphatic carbocycles. The number of nitrogens with zero attached hydrogens (tertiary/aromatic N) is 1. The molecule has 3 aromatic carbocycles. The highest BCUT2D eigenvalue weighted by Gasteiger charge is 2.12. The van der Waals surface area contributed by atoms with Gasteiger partial charge in [0.25, 0.3) is 5.91 Å². The number of hydrogen-bond donors (Lipinski definition) is 2. The monoisotopic (exact) mass is 401 g/mol. The minimum absolute atomic E-state index is 0.125. The van der Waals surface area contributed by atoms with Gasteiger partial charge in [-0.1, -0.05) is 72.3 Å². The molecule has 4 nitrogen and oxygen atoms in total. The van der Waals surface area contributed by atoms with Crippen LogP contribution in [0.3, 0.4) is 0 Å². The van der Waals surface area contributed by atoms with Gasteiger partial charge in [-0.2, -0.15) is 0 Å². The minimum atomic E-state index is -0.125. The average Bonchev–Trinajstić information content (AvgIpc) is 2.77. The highest BCUT2D eigenvalue weighted by molar-refractivity contribution is 6.30. The van der Waals surface area contributed by atoms with Crippen molar-refractivity contribution in [3.8, 4) is 0 Å². The third-order valence-corrected chi connectivity index (χ3v) is 5.01. The molecular weight excluding hydrogens is 382 g/mol. The van der Waals surface area contributed by atoms with Crippen LogP contribution in [0.2, 0.25) is 5.15 Å². The van der Waals surface area contributed by atoms with E-state index in [1.807, 2.05) is 84.9 Å². The van der Waals surface area contributed by atoms with Crippen molar-refractivity contribution in [3.63, 3.8) is 0 Å². The Morgan fingerprint density at radius 2 is 1.59 bits per heavy atom. The van der Waals surface area contributed by atoms with E-state index in [2.05, 4.69) is 15.6 Å². The number of rotatable bonds is 6. The van der Waals surface area contributed by atoms with Crippen LogP contribution in [0.15, 0.2) is 84.9 Å². The molecule has 0 radical (unpaired) electrons. The zero-order valence-corrected chi connectivity index (χ0v) is 16.5. The lowest BCUT2D eigenvalue weighted by Crippen LogP contribution is -2.23. The van der Waals surface area contributed by atoms with E-state index in [1.54, 1.807) is 0 Å². The number of anilines is 1. The number of fused-ring (bicyclic) bond motifs is 1. The van der Waals surface area contributed by atoms with Gasteiger partial charge in [0.05, 0.1) is 11.1 Å². The molecule has 0 fully saturated rings. The Bertz CT molecular complexity index is 1150. The summed E-state index contributed by atoms with van der Waals surface area (Å²) in [6.45, 7) is 0.952. The van der Waals surface area contributed by atoms with Crippen LogP contribution in [-0.4, -0.2) is 10.9 Å². The summed E-state index contributed by atoms with van der Waals surface area (Å²) in [7, 11) is 0. The Morgan fingerprint density at radius 3 is 2.45 bits per heavy atom. The van der Waals surface area contributed by atoms with Crippen molar-refractivity contribution in [3.05, 3.63) is 107 Å². The molecule has 4 rings (SSSR count). The van der Waals surface area contributed by atoms with Crippen molar-refractivity contribution in [2.75, 3.05) is 5.32 Å². The van der Waals surface area contributed by atoms with Gasteiger partial charge in [0.1, 0.15) is 5.15 Å². The SMILES string of the molecule is O=C(NCc1ccccc1)c1ccccc1NCc1cc2ccccc2nc1Cl. The van der Waals surface area contributed by atoms with Crippen molar-refractivity contribution in [1.29, 1.82) is 0 Å². The predicted octanol–water partition coefficient (Wildman–Crippen LogP) is 5.43. The van der Waals surface area contributed by atoms with Crippen LogP contribution in [0, 0.1) is 0 Å². The van der Waals surface area contributed by atoms with Gasteiger partial charge in [-0.05, 0) is 29.8 Å². The van der Waals surface area contributed by atoms with Gasteiger partial charge in [-0.25, -0.2) is 4.98 Å². The number of aromatic nitrogens is 1. The Kier molecular flexibility index (Phi) is 5.73. The maximum absolute atomic E-state index is 12.7. The quantitative estimate of drug-likeness (QED) is 0.423. The number of carbonyl (C=O) groups is 1. The van der Waals surface area contributed by atoms with E-state index in [1.165, 1.54) is 0 Å². The van der Waals surface area contributed by atoms with E-state index < -0.39 is 0 Å². The van der Waals surface area contributed by atoms with Crippen molar-refractivity contribution in [2.24, 2.45) is 0 Å². The fourth-order valence-corrected chi connectivity index (χ4v) is 3.37. The van der Waals surface area contributed by atoms with Gasteiger partial charge in [-0.15, -0.1) is 0 Å². The number of nitrogens with one attached hydrogen (secondary N) is 2. The number of halogens is 1. The molecule has 0 saturated carbocycles. The Morgan fingerprint density at radius 1 is 0.862 bits per heavy atom. The first-order chi connectivity index (χ1) is 14.2. The minimum Gasteiger partial charge on any atom is -0.380 e. The van der Waals surface area contributed by atoms with Crippen LogP contribution < -0.4 is 10.6 Å². The summed E-state index contributed by atoms with van der Waals surface area (Å²) in [5.41, 5.74) is 4.14. The molecule has 1 heterocycles. The smallest absolute Gasteiger partial charge is 0.253 e. The average molecular weight is 402 g/mol. The maximum atomic E-state index is 12.7. The number of pyridine rings is 1. The lowest BCUT2D eigenvalue weighted by Gasteiger charge is -2.13. The zero-order valence-electron chi connectivity index (χ0n) is 15.7. The highest BCUT2D eigenvalue weighted by atomic mass is 35.5. The molecule has 1 amide bonds. The summed E-state index contributed by atoms with van der Waals surface area (Å²) in [6.07, 6.45) is 0. The largest absolute Gasteiger partial charge is 0.380 e. The molecule has 0 saturated heterocycles. The summed E-state index contributed by atoms with van der Waals surface area (Å²) in [5.74, 6) is -0.125. The number of benzene rings is 3. The summed E-state index contributed by atoms with van der Waals surface area (Å²) < 4.78 is 0. The molecule has 2 N–H and O–H groups in total. The van der Waals surface area contributed by atoms with Crippen molar-refractivity contribution < 1.29 is 4.79 Å². The fourth-order valence-electron chi connectivity index (χ4n) is 3.16. The highest BCUT2D eigenvalue weighted by Crippen LogP contribution is 2.23. The molecule has 1 aromatic heterocycles. The van der Waals surface area contributed by atoms with E-state index in [4.69, 9.17) is 11.6 Å². The Balaban J connectivity index is 1.48. The third-order valence-electron chi connectivity index (χ3n) is 4.69. The first-order valence-corrected chi connectivity index (χ1v) is 9.78. The van der Waals surface area contributed by atoms with Crippen LogP contribution >= 0.6 is 11.6 Å². The van der Waals surface area contributed by atoms with Gasteiger partial charge in [0.15, 0.2) is 0 Å². The molecule has 4 aromatic rings. The summed E-state index contributed by atoms with van der Waals surface area (Å²) in [6, 6.07) is 27.2. The van der Waals surface area contributed by atoms with Crippen LogP contribution in [0.4, 0.5) is 5.69 Å². The standard InChI is InChI=1S/C24H20ClN3O/c25-23-19(14-18-10-4-6-12-21(18)28-23)16-26-22-13-7-5-11-20(22)24(29)27-15-17-8-2-1-3-9-17/h1-14,26H,15-16H2,(H,27,29). The number of hydrogen-bond acceptors (Lipinski definition) is 3. The second-order valence-electron chi connectivity index (χ2n) is 6.70. The summed E-state index contributed by atoms with van der Waals surface area (Å²) >= 11 is 6.36. The van der Waals surface area contributed by atoms with Crippen LogP contribution in [0.25, 0.3) is 10.9 Å². The lowest BCUT2D eigenvalue weighted by atomic mass is 10.1. The number of carbonyl (C=O) groups excluding carboxylic acids is 1. The van der Waals surface area contributed by atoms with Gasteiger partial charge in [0.2, 0.25) is 0 Å². The summed E-state index contributed by atoms with van der Waals surface area (Å²) in [4.78, 5) is 17.2. The molecule has 0 aliphatic heterocycles. The molecule has 0 spiro atoms. The lowest BCUT2D eigenvalue weighted by molar-refractivity contribution is 0.0951. The van der Waals surface area contributed by atoms with E-state index in [-0.39, 0.29) is 5.91 Å². The second kappa shape index (κ2) is 8.76. The molecule has 0 bridgehead atoms. The van der Waals surface area contributed by atoms with E-state index in [9.17, 15) is 4.79 Å². The third kappa shape index (κ3) is 4.55. The number of amides is 1. The van der Waals surface area contributed by atoms with E-state index in [0.29, 0.717) is 23.8 Å². The van der Waals surface area contributed by atoms with E-state index in [0.717, 1.165) is 27.7 Å². The second-order valence-corrected chi connectivity index (χ2v) is 7.06. The first-order valence-electron chi connectivity index (χ1n) is 9.40. The predicted molar refractivity (Wildman–Crippen MR) is 118 cm³/mol. The first kappa shape index (κ1) is 19.0.